The fourth-order valence-electron chi connectivity index (χ4n) is 1.11. The first kappa shape index (κ1) is 13.8. The van der Waals surface area contributed by atoms with Crippen LogP contribution in [0.4, 0.5) is 5.69 Å². The average Bonchev–Trinajstić information content (AvgIpc) is 2.29. The second kappa shape index (κ2) is 4.93. The van der Waals surface area contributed by atoms with Crippen molar-refractivity contribution in [1.29, 1.82) is 5.26 Å². The van der Waals surface area contributed by atoms with Gasteiger partial charge < -0.3 is 10.2 Å². The molecule has 18 heavy (non-hydrogen) atoms. The molecule has 1 unspecified atom stereocenters. The fourth-order valence-corrected chi connectivity index (χ4v) is 1.91. The van der Waals surface area contributed by atoms with Gasteiger partial charge in [0, 0.05) is 0 Å². The molecule has 8 heteroatoms. The van der Waals surface area contributed by atoms with Crippen molar-refractivity contribution >= 4 is 21.7 Å². The number of hydrogen-bond acceptors (Lipinski definition) is 5. The number of aromatic hydroxyl groups is 1. The van der Waals surface area contributed by atoms with Gasteiger partial charge in [-0.05, 0) is 25.1 Å². The molecule has 0 aliphatic rings. The highest BCUT2D eigenvalue weighted by molar-refractivity contribution is 7.93. The van der Waals surface area contributed by atoms with Crippen LogP contribution in [0.2, 0.25) is 0 Å². The summed E-state index contributed by atoms with van der Waals surface area (Å²) in [5.41, 5.74) is -0.605. The van der Waals surface area contributed by atoms with Crippen molar-refractivity contribution in [3.63, 3.8) is 0 Å². The Hall–Kier alpha value is -2.27. The summed E-state index contributed by atoms with van der Waals surface area (Å²) in [6.45, 7) is 1.17. The Labute approximate surface area is 103 Å². The highest BCUT2D eigenvalue weighted by atomic mass is 32.2. The summed E-state index contributed by atoms with van der Waals surface area (Å²) >= 11 is 0. The number of nitriles is 1. The van der Waals surface area contributed by atoms with Crippen LogP contribution < -0.4 is 4.72 Å². The first-order chi connectivity index (χ1) is 8.27. The van der Waals surface area contributed by atoms with Crippen molar-refractivity contribution in [2.24, 2.45) is 0 Å². The second-order valence-corrected chi connectivity index (χ2v) is 5.45. The predicted octanol–water partition coefficient (Wildman–Crippen LogP) is 0.744. The predicted molar refractivity (Wildman–Crippen MR) is 62.7 cm³/mol. The molecular formula is C10H10N2O5S. The zero-order valence-electron chi connectivity index (χ0n) is 9.28. The summed E-state index contributed by atoms with van der Waals surface area (Å²) in [4.78, 5) is 10.9. The van der Waals surface area contributed by atoms with Gasteiger partial charge in [0.15, 0.2) is 5.25 Å². The van der Waals surface area contributed by atoms with E-state index in [1.807, 2.05) is 4.72 Å². The second-order valence-electron chi connectivity index (χ2n) is 3.45. The minimum Gasteiger partial charge on any atom is -0.508 e. The van der Waals surface area contributed by atoms with Crippen molar-refractivity contribution < 1.29 is 23.4 Å². The third kappa shape index (κ3) is 2.89. The molecule has 1 aromatic carbocycles. The standard InChI is InChI=1S/C10H10N2O5S/c1-6(5-11)18(16,17)12-9-3-2-7(13)4-8(9)10(14)15/h2-4,6,12-13H,1H3,(H,14,15). The van der Waals surface area contributed by atoms with E-state index in [-0.39, 0.29) is 11.4 Å². The summed E-state index contributed by atoms with van der Waals surface area (Å²) in [6, 6.07) is 4.70. The molecule has 7 nitrogen and oxygen atoms in total. The Balaban J connectivity index is 3.21. The molecule has 1 rings (SSSR count). The van der Waals surface area contributed by atoms with E-state index < -0.39 is 26.8 Å². The number of rotatable bonds is 4. The fraction of sp³-hybridized carbons (Fsp3) is 0.200. The van der Waals surface area contributed by atoms with Gasteiger partial charge in [-0.2, -0.15) is 5.26 Å². The number of phenolic OH excluding ortho intramolecular Hbond substituents is 1. The van der Waals surface area contributed by atoms with E-state index in [1.165, 1.54) is 13.0 Å². The smallest absolute Gasteiger partial charge is 0.337 e. The van der Waals surface area contributed by atoms with E-state index in [2.05, 4.69) is 0 Å². The lowest BCUT2D eigenvalue weighted by Gasteiger charge is -2.11. The third-order valence-electron chi connectivity index (χ3n) is 2.13. The number of benzene rings is 1. The summed E-state index contributed by atoms with van der Waals surface area (Å²) in [6.07, 6.45) is 0. The van der Waals surface area contributed by atoms with Crippen molar-refractivity contribution in [3.8, 4) is 11.8 Å². The number of carboxylic acid groups (broad SMARTS) is 1. The molecule has 1 aromatic rings. The van der Waals surface area contributed by atoms with Gasteiger partial charge >= 0.3 is 5.97 Å². The maximum atomic E-state index is 11.6. The molecule has 0 spiro atoms. The maximum Gasteiger partial charge on any atom is 0.337 e. The summed E-state index contributed by atoms with van der Waals surface area (Å²) in [5.74, 6) is -1.70. The van der Waals surface area contributed by atoms with Gasteiger partial charge in [-0.25, -0.2) is 13.2 Å². The van der Waals surface area contributed by atoms with Gasteiger partial charge in [-0.15, -0.1) is 0 Å². The summed E-state index contributed by atoms with van der Waals surface area (Å²) in [5, 5.41) is 25.2. The minimum absolute atomic E-state index is 0.206. The third-order valence-corrected chi connectivity index (χ3v) is 3.67. The number of nitrogens with zero attached hydrogens (tertiary/aromatic N) is 1. The van der Waals surface area contributed by atoms with Crippen molar-refractivity contribution in [1.82, 2.24) is 0 Å². The van der Waals surface area contributed by atoms with Crippen LogP contribution in [0, 0.1) is 11.3 Å². The number of phenols is 1. The maximum absolute atomic E-state index is 11.6. The number of aromatic carboxylic acids is 1. The number of carboxylic acids is 1. The SMILES string of the molecule is CC(C#N)S(=O)(=O)Nc1ccc(O)cc1C(=O)O. The Morgan fingerprint density at radius 3 is 2.61 bits per heavy atom. The van der Waals surface area contributed by atoms with E-state index in [0.717, 1.165) is 18.2 Å². The zero-order chi connectivity index (χ0) is 13.9. The molecule has 96 valence electrons. The lowest BCUT2D eigenvalue weighted by atomic mass is 10.2. The Morgan fingerprint density at radius 2 is 2.11 bits per heavy atom. The van der Waals surface area contributed by atoms with Crippen LogP contribution in [-0.2, 0) is 10.0 Å². The lowest BCUT2D eigenvalue weighted by molar-refractivity contribution is 0.0697. The Bertz CT molecular complexity index is 618. The molecular weight excluding hydrogens is 260 g/mol. The van der Waals surface area contributed by atoms with E-state index in [0.29, 0.717) is 0 Å². The quantitative estimate of drug-likeness (QED) is 0.692. The van der Waals surface area contributed by atoms with Crippen LogP contribution >= 0.6 is 0 Å². The van der Waals surface area contributed by atoms with Crippen molar-refractivity contribution in [2.75, 3.05) is 4.72 Å². The van der Waals surface area contributed by atoms with Gasteiger partial charge in [0.25, 0.3) is 0 Å². The van der Waals surface area contributed by atoms with Crippen LogP contribution in [0.25, 0.3) is 0 Å². The minimum atomic E-state index is -3.99. The van der Waals surface area contributed by atoms with Gasteiger partial charge in [0.1, 0.15) is 5.75 Å². The van der Waals surface area contributed by atoms with Crippen molar-refractivity contribution in [3.05, 3.63) is 23.8 Å². The summed E-state index contributed by atoms with van der Waals surface area (Å²) in [7, 11) is -3.99. The molecule has 0 saturated carbocycles. The monoisotopic (exact) mass is 270 g/mol. The number of anilines is 1. The molecule has 3 N–H and O–H groups in total. The van der Waals surface area contributed by atoms with E-state index in [4.69, 9.17) is 15.5 Å². The first-order valence-corrected chi connectivity index (χ1v) is 6.30. The zero-order valence-corrected chi connectivity index (χ0v) is 10.1. The summed E-state index contributed by atoms with van der Waals surface area (Å²) < 4.78 is 25.2. The molecule has 0 fully saturated rings. The molecule has 0 aliphatic carbocycles. The number of hydrogen-bond donors (Lipinski definition) is 3. The molecule has 0 saturated heterocycles. The molecule has 0 bridgehead atoms. The van der Waals surface area contributed by atoms with Crippen molar-refractivity contribution in [2.45, 2.75) is 12.2 Å². The first-order valence-electron chi connectivity index (χ1n) is 4.75. The van der Waals surface area contributed by atoms with Gasteiger partial charge in [-0.3, -0.25) is 4.72 Å². The van der Waals surface area contributed by atoms with Gasteiger partial charge in [0.2, 0.25) is 10.0 Å². The van der Waals surface area contributed by atoms with E-state index >= 15 is 0 Å². The topological polar surface area (TPSA) is 127 Å². The van der Waals surface area contributed by atoms with Crippen LogP contribution in [0.15, 0.2) is 18.2 Å². The molecule has 0 amide bonds. The lowest BCUT2D eigenvalue weighted by Crippen LogP contribution is -2.24. The Morgan fingerprint density at radius 1 is 1.50 bits per heavy atom. The number of sulfonamides is 1. The number of carbonyl (C=O) groups is 1. The molecule has 0 aliphatic heterocycles. The van der Waals surface area contributed by atoms with E-state index in [9.17, 15) is 13.2 Å². The highest BCUT2D eigenvalue weighted by Crippen LogP contribution is 2.23. The van der Waals surface area contributed by atoms with Crippen LogP contribution in [-0.4, -0.2) is 29.9 Å². The molecule has 0 aromatic heterocycles. The van der Waals surface area contributed by atoms with E-state index in [1.54, 1.807) is 0 Å². The normalized spacial score (nSPS) is 12.4. The van der Waals surface area contributed by atoms with Crippen LogP contribution in [0.1, 0.15) is 17.3 Å². The van der Waals surface area contributed by atoms with Gasteiger partial charge in [-0.1, -0.05) is 0 Å². The molecule has 0 radical (unpaired) electrons. The average molecular weight is 270 g/mol. The highest BCUT2D eigenvalue weighted by Gasteiger charge is 2.22. The number of nitrogens with one attached hydrogen (secondary N) is 1. The largest absolute Gasteiger partial charge is 0.508 e. The molecule has 0 heterocycles. The Kier molecular flexibility index (Phi) is 3.78. The van der Waals surface area contributed by atoms with Crippen LogP contribution in [0.5, 0.6) is 5.75 Å². The van der Waals surface area contributed by atoms with Crippen LogP contribution in [0.3, 0.4) is 0 Å². The molecule has 1 atom stereocenters. The van der Waals surface area contributed by atoms with Gasteiger partial charge in [0.05, 0.1) is 17.3 Å².